The van der Waals surface area contributed by atoms with Crippen LogP contribution in [-0.2, 0) is 11.3 Å². The number of benzene rings is 3. The van der Waals surface area contributed by atoms with Gasteiger partial charge in [0.2, 0.25) is 5.88 Å². The first-order valence-corrected chi connectivity index (χ1v) is 10.5. The first-order chi connectivity index (χ1) is 15.1. The summed E-state index contributed by atoms with van der Waals surface area (Å²) in [6, 6.07) is 18.7. The summed E-state index contributed by atoms with van der Waals surface area (Å²) in [6.07, 6.45) is 1.88. The first kappa shape index (κ1) is 20.9. The number of aromatic hydroxyl groups is 1. The molecule has 0 aliphatic carbocycles. The fourth-order valence-corrected chi connectivity index (χ4v) is 3.70. The highest BCUT2D eigenvalue weighted by Crippen LogP contribution is 2.40. The molecule has 1 amide bonds. The molecule has 4 aromatic rings. The molecule has 0 saturated heterocycles. The number of fused-ring (bicyclic) bond motifs is 2. The van der Waals surface area contributed by atoms with E-state index in [-0.39, 0.29) is 18.2 Å². The van der Waals surface area contributed by atoms with Crippen molar-refractivity contribution in [1.82, 2.24) is 4.57 Å². The van der Waals surface area contributed by atoms with E-state index in [1.54, 1.807) is 16.7 Å². The van der Waals surface area contributed by atoms with Crippen molar-refractivity contribution >= 4 is 44.9 Å². The molecule has 0 aliphatic rings. The van der Waals surface area contributed by atoms with Crippen molar-refractivity contribution < 1.29 is 14.6 Å². The van der Waals surface area contributed by atoms with Crippen LogP contribution in [0.4, 0.5) is 5.69 Å². The van der Waals surface area contributed by atoms with Crippen LogP contribution in [0.1, 0.15) is 19.8 Å². The summed E-state index contributed by atoms with van der Waals surface area (Å²) >= 11 is 6.13. The lowest BCUT2D eigenvalue weighted by molar-refractivity contribution is -0.120. The number of hydrogen-bond donors (Lipinski definition) is 1. The van der Waals surface area contributed by atoms with Crippen LogP contribution in [0, 0.1) is 0 Å². The number of azo groups is 1. The SMILES string of the molecule is CCCCn1c(O)c(N=NC(=O)COc2cccc3ccccc23)c2cc(Cl)ccc21. The van der Waals surface area contributed by atoms with E-state index in [4.69, 9.17) is 16.3 Å². The lowest BCUT2D eigenvalue weighted by Gasteiger charge is -2.07. The Kier molecular flexibility index (Phi) is 6.18. The summed E-state index contributed by atoms with van der Waals surface area (Å²) in [7, 11) is 0. The van der Waals surface area contributed by atoms with Crippen LogP contribution in [0.3, 0.4) is 0 Å². The number of hydrogen-bond acceptors (Lipinski definition) is 4. The van der Waals surface area contributed by atoms with Gasteiger partial charge in [-0.15, -0.1) is 10.2 Å². The molecule has 0 atom stereocenters. The number of nitrogens with zero attached hydrogens (tertiary/aromatic N) is 3. The van der Waals surface area contributed by atoms with Crippen molar-refractivity contribution in [2.24, 2.45) is 10.2 Å². The minimum Gasteiger partial charge on any atom is -0.493 e. The average molecular weight is 436 g/mol. The van der Waals surface area contributed by atoms with E-state index in [0.29, 0.717) is 22.7 Å². The fourth-order valence-electron chi connectivity index (χ4n) is 3.53. The zero-order chi connectivity index (χ0) is 21.8. The molecule has 7 heteroatoms. The molecule has 0 spiro atoms. The van der Waals surface area contributed by atoms with E-state index in [9.17, 15) is 9.90 Å². The van der Waals surface area contributed by atoms with E-state index in [1.807, 2.05) is 48.5 Å². The van der Waals surface area contributed by atoms with Gasteiger partial charge in [0.15, 0.2) is 12.3 Å². The zero-order valence-corrected chi connectivity index (χ0v) is 17.8. The lowest BCUT2D eigenvalue weighted by atomic mass is 10.1. The molecule has 0 bridgehead atoms. The number of rotatable bonds is 7. The van der Waals surface area contributed by atoms with E-state index >= 15 is 0 Å². The van der Waals surface area contributed by atoms with Crippen LogP contribution in [0.25, 0.3) is 21.7 Å². The number of carbonyl (C=O) groups is 1. The molecule has 158 valence electrons. The van der Waals surface area contributed by atoms with Gasteiger partial charge in [0.1, 0.15) is 5.75 Å². The molecule has 3 aromatic carbocycles. The number of unbranched alkanes of at least 4 members (excludes halogenated alkanes) is 1. The molecule has 0 fully saturated rings. The molecule has 1 N–H and O–H groups in total. The Morgan fingerprint density at radius 3 is 2.74 bits per heavy atom. The number of aryl methyl sites for hydroxylation is 1. The second-order valence-corrected chi connectivity index (χ2v) is 7.64. The Labute approximate surface area is 184 Å². The first-order valence-electron chi connectivity index (χ1n) is 10.1. The molecule has 1 heterocycles. The molecule has 0 aliphatic heterocycles. The van der Waals surface area contributed by atoms with Gasteiger partial charge in [-0.1, -0.05) is 61.3 Å². The van der Waals surface area contributed by atoms with Crippen LogP contribution in [0.2, 0.25) is 5.02 Å². The van der Waals surface area contributed by atoms with Gasteiger partial charge in [-0.3, -0.25) is 4.79 Å². The van der Waals surface area contributed by atoms with Gasteiger partial charge >= 0.3 is 5.91 Å². The zero-order valence-electron chi connectivity index (χ0n) is 17.1. The number of aromatic nitrogens is 1. The predicted octanol–water partition coefficient (Wildman–Crippen LogP) is 6.64. The van der Waals surface area contributed by atoms with Crippen LogP contribution in [0.5, 0.6) is 11.6 Å². The maximum Gasteiger partial charge on any atom is 0.302 e. The number of carbonyl (C=O) groups excluding carboxylic acids is 1. The van der Waals surface area contributed by atoms with Gasteiger partial charge in [0.25, 0.3) is 0 Å². The number of halogens is 1. The van der Waals surface area contributed by atoms with E-state index in [2.05, 4.69) is 17.2 Å². The van der Waals surface area contributed by atoms with E-state index in [1.165, 1.54) is 0 Å². The molecule has 6 nitrogen and oxygen atoms in total. The largest absolute Gasteiger partial charge is 0.493 e. The van der Waals surface area contributed by atoms with Crippen molar-refractivity contribution in [1.29, 1.82) is 0 Å². The summed E-state index contributed by atoms with van der Waals surface area (Å²) in [5.74, 6) is 0.0218. The van der Waals surface area contributed by atoms with Gasteiger partial charge in [0, 0.05) is 22.3 Å². The summed E-state index contributed by atoms with van der Waals surface area (Å²) in [4.78, 5) is 12.3. The van der Waals surface area contributed by atoms with Crippen molar-refractivity contribution in [3.05, 3.63) is 65.7 Å². The Hall–Kier alpha value is -3.38. The summed E-state index contributed by atoms with van der Waals surface area (Å²) in [5.41, 5.74) is 1.02. The van der Waals surface area contributed by atoms with Crippen molar-refractivity contribution in [3.63, 3.8) is 0 Å². The van der Waals surface area contributed by atoms with Gasteiger partial charge in [-0.25, -0.2) is 0 Å². The second-order valence-electron chi connectivity index (χ2n) is 7.20. The second kappa shape index (κ2) is 9.18. The molecular formula is C24H22ClN3O3. The van der Waals surface area contributed by atoms with Gasteiger partial charge in [0.05, 0.1) is 5.52 Å². The van der Waals surface area contributed by atoms with Crippen LogP contribution in [0.15, 0.2) is 70.9 Å². The predicted molar refractivity (Wildman–Crippen MR) is 122 cm³/mol. The van der Waals surface area contributed by atoms with Gasteiger partial charge < -0.3 is 14.4 Å². The molecule has 31 heavy (non-hydrogen) atoms. The van der Waals surface area contributed by atoms with Crippen molar-refractivity contribution in [3.8, 4) is 11.6 Å². The summed E-state index contributed by atoms with van der Waals surface area (Å²) < 4.78 is 7.44. The average Bonchev–Trinajstić information content (AvgIpc) is 3.04. The number of ether oxygens (including phenoxy) is 1. The summed E-state index contributed by atoms with van der Waals surface area (Å²) in [5, 5.41) is 21.6. The molecular weight excluding hydrogens is 414 g/mol. The minimum absolute atomic E-state index is 0.0303. The number of amides is 1. The minimum atomic E-state index is -0.552. The van der Waals surface area contributed by atoms with Crippen LogP contribution < -0.4 is 4.74 Å². The third kappa shape index (κ3) is 4.39. The Balaban J connectivity index is 1.55. The summed E-state index contributed by atoms with van der Waals surface area (Å²) in [6.45, 7) is 2.45. The van der Waals surface area contributed by atoms with Crippen LogP contribution in [-0.4, -0.2) is 22.2 Å². The third-order valence-corrected chi connectivity index (χ3v) is 5.30. The van der Waals surface area contributed by atoms with Crippen LogP contribution >= 0.6 is 11.6 Å². The Bertz CT molecular complexity index is 1270. The molecule has 0 unspecified atom stereocenters. The van der Waals surface area contributed by atoms with Crippen molar-refractivity contribution in [2.75, 3.05) is 6.61 Å². The topological polar surface area (TPSA) is 76.2 Å². The lowest BCUT2D eigenvalue weighted by Crippen LogP contribution is -2.08. The highest BCUT2D eigenvalue weighted by atomic mass is 35.5. The third-order valence-electron chi connectivity index (χ3n) is 5.07. The normalized spacial score (nSPS) is 11.5. The quantitative estimate of drug-likeness (QED) is 0.330. The standard InChI is InChI=1S/C24H22ClN3O3/c1-2-3-13-28-20-12-11-17(25)14-19(20)23(24(28)30)27-26-22(29)15-31-21-10-6-8-16-7-4-5-9-18(16)21/h4-12,14,30H,2-3,13,15H2,1H3. The maximum atomic E-state index is 12.3. The van der Waals surface area contributed by atoms with Crippen molar-refractivity contribution in [2.45, 2.75) is 26.3 Å². The molecule has 4 rings (SSSR count). The molecule has 0 radical (unpaired) electrons. The Morgan fingerprint density at radius 1 is 1.10 bits per heavy atom. The monoisotopic (exact) mass is 435 g/mol. The Morgan fingerprint density at radius 2 is 1.90 bits per heavy atom. The van der Waals surface area contributed by atoms with Gasteiger partial charge in [-0.05, 0) is 36.1 Å². The molecule has 1 aromatic heterocycles. The maximum absolute atomic E-state index is 12.3. The van der Waals surface area contributed by atoms with E-state index < -0.39 is 5.91 Å². The van der Waals surface area contributed by atoms with E-state index in [0.717, 1.165) is 29.1 Å². The molecule has 0 saturated carbocycles. The highest BCUT2D eigenvalue weighted by Gasteiger charge is 2.17. The highest BCUT2D eigenvalue weighted by molar-refractivity contribution is 6.31. The fraction of sp³-hybridized carbons (Fsp3) is 0.208. The smallest absolute Gasteiger partial charge is 0.302 e. The van der Waals surface area contributed by atoms with Gasteiger partial charge in [-0.2, -0.15) is 0 Å².